The third-order valence-corrected chi connectivity index (χ3v) is 6.20. The summed E-state index contributed by atoms with van der Waals surface area (Å²) in [4.78, 5) is 51.4. The Morgan fingerprint density at radius 1 is 1.20 bits per heavy atom. The van der Waals surface area contributed by atoms with Gasteiger partial charge in [0.2, 0.25) is 5.91 Å². The Morgan fingerprint density at radius 2 is 1.93 bits per heavy atom. The van der Waals surface area contributed by atoms with Gasteiger partial charge >= 0.3 is 12.0 Å². The second-order valence-corrected chi connectivity index (χ2v) is 8.52. The van der Waals surface area contributed by atoms with E-state index < -0.39 is 18.1 Å². The highest BCUT2D eigenvalue weighted by Gasteiger charge is 2.46. The summed E-state index contributed by atoms with van der Waals surface area (Å²) in [6.45, 7) is 0.801. The molecule has 0 radical (unpaired) electrons. The number of thioether (sulfide) groups is 1. The number of amides is 4. The Labute approximate surface area is 180 Å². The Hall–Kier alpha value is -2.55. The summed E-state index contributed by atoms with van der Waals surface area (Å²) in [5.74, 6) is -1.16. The highest BCUT2D eigenvalue weighted by molar-refractivity contribution is 7.98. The summed E-state index contributed by atoms with van der Waals surface area (Å²) in [5.41, 5.74) is 2.21. The Kier molecular flexibility index (Phi) is 7.36. The molecule has 30 heavy (non-hydrogen) atoms. The molecule has 0 aromatic heterocycles. The zero-order chi connectivity index (χ0) is 21.7. The zero-order valence-corrected chi connectivity index (χ0v) is 17.8. The van der Waals surface area contributed by atoms with Crippen molar-refractivity contribution in [3.05, 3.63) is 35.4 Å². The van der Waals surface area contributed by atoms with Crippen LogP contribution in [0.1, 0.15) is 36.8 Å². The number of unbranched alkanes of at least 4 members (excludes halogenated alkanes) is 2. The third kappa shape index (κ3) is 4.95. The van der Waals surface area contributed by atoms with Crippen molar-refractivity contribution >= 4 is 35.6 Å². The van der Waals surface area contributed by atoms with Crippen LogP contribution in [0, 0.1) is 0 Å². The molecule has 2 heterocycles. The van der Waals surface area contributed by atoms with Crippen LogP contribution in [0.2, 0.25) is 0 Å². The molecule has 0 spiro atoms. The molecule has 0 saturated carbocycles. The Morgan fingerprint density at radius 3 is 2.63 bits per heavy atom. The maximum atomic E-state index is 12.7. The molecule has 4 amide bonds. The molecule has 2 N–H and O–H groups in total. The summed E-state index contributed by atoms with van der Waals surface area (Å²) >= 11 is 1.36. The first kappa shape index (κ1) is 22.1. The second-order valence-electron chi connectivity index (χ2n) is 7.61. The van der Waals surface area contributed by atoms with E-state index in [1.54, 1.807) is 11.2 Å². The van der Waals surface area contributed by atoms with Crippen LogP contribution in [-0.2, 0) is 27.3 Å². The normalized spacial score (nSPS) is 18.8. The number of benzene rings is 1. The molecule has 162 valence electrons. The van der Waals surface area contributed by atoms with Gasteiger partial charge in [0.05, 0.1) is 0 Å². The summed E-state index contributed by atoms with van der Waals surface area (Å²) in [6, 6.07) is 6.35. The van der Waals surface area contributed by atoms with Crippen LogP contribution in [0.3, 0.4) is 0 Å². The monoisotopic (exact) mass is 433 g/mol. The molecule has 3 rings (SSSR count). The molecule has 1 fully saturated rings. The Balaban J connectivity index is 1.42. The van der Waals surface area contributed by atoms with Gasteiger partial charge in [0.25, 0.3) is 5.91 Å². The van der Waals surface area contributed by atoms with Gasteiger partial charge in [-0.25, -0.2) is 9.59 Å². The van der Waals surface area contributed by atoms with Gasteiger partial charge in [-0.3, -0.25) is 14.5 Å². The number of carbonyl (C=O) groups is 4. The number of fused-ring (bicyclic) bond motifs is 2. The Bertz CT molecular complexity index is 788. The number of nitrogens with zero attached hydrogens (tertiary/aromatic N) is 2. The van der Waals surface area contributed by atoms with Crippen molar-refractivity contribution in [2.75, 3.05) is 18.6 Å². The smallest absolute Gasteiger partial charge is 0.327 e. The first-order valence-electron chi connectivity index (χ1n) is 10.1. The predicted octanol–water partition coefficient (Wildman–Crippen LogP) is 1.87. The lowest BCUT2D eigenvalue weighted by atomic mass is 9.95. The zero-order valence-electron chi connectivity index (χ0n) is 17.0. The van der Waals surface area contributed by atoms with Crippen LogP contribution in [0.4, 0.5) is 4.79 Å². The fraction of sp³-hybridized carbons (Fsp3) is 0.524. The van der Waals surface area contributed by atoms with Crippen LogP contribution in [0.15, 0.2) is 24.3 Å². The fourth-order valence-corrected chi connectivity index (χ4v) is 4.48. The number of hydrogen-bond donors (Lipinski definition) is 2. The van der Waals surface area contributed by atoms with Gasteiger partial charge < -0.3 is 15.3 Å². The summed E-state index contributed by atoms with van der Waals surface area (Å²) in [6.07, 6.45) is 4.43. The topological polar surface area (TPSA) is 107 Å². The molecule has 2 unspecified atom stereocenters. The summed E-state index contributed by atoms with van der Waals surface area (Å²) < 4.78 is 0. The third-order valence-electron chi connectivity index (χ3n) is 5.53. The van der Waals surface area contributed by atoms with Gasteiger partial charge in [-0.05, 0) is 30.2 Å². The van der Waals surface area contributed by atoms with Gasteiger partial charge in [-0.2, -0.15) is 11.8 Å². The van der Waals surface area contributed by atoms with Crippen molar-refractivity contribution in [1.29, 1.82) is 0 Å². The second kappa shape index (κ2) is 9.97. The molecule has 8 nitrogen and oxygen atoms in total. The van der Waals surface area contributed by atoms with Crippen LogP contribution in [-0.4, -0.2) is 69.4 Å². The number of imide groups is 1. The number of aliphatic carboxylic acids is 1. The van der Waals surface area contributed by atoms with Crippen LogP contribution >= 0.6 is 11.8 Å². The number of hydrogen-bond acceptors (Lipinski definition) is 5. The van der Waals surface area contributed by atoms with E-state index >= 15 is 0 Å². The number of carbonyl (C=O) groups excluding carboxylic acids is 3. The van der Waals surface area contributed by atoms with Gasteiger partial charge in [0, 0.05) is 31.7 Å². The van der Waals surface area contributed by atoms with Gasteiger partial charge in [-0.15, -0.1) is 0 Å². The van der Waals surface area contributed by atoms with Crippen LogP contribution < -0.4 is 5.32 Å². The fourth-order valence-electron chi connectivity index (χ4n) is 3.92. The lowest BCUT2D eigenvalue weighted by Gasteiger charge is -2.28. The van der Waals surface area contributed by atoms with Crippen LogP contribution in [0.25, 0.3) is 0 Å². The van der Waals surface area contributed by atoms with Gasteiger partial charge in [-0.1, -0.05) is 30.7 Å². The van der Waals surface area contributed by atoms with Crippen molar-refractivity contribution in [3.8, 4) is 0 Å². The van der Waals surface area contributed by atoms with Crippen molar-refractivity contribution in [2.24, 2.45) is 0 Å². The lowest BCUT2D eigenvalue weighted by molar-refractivity contribution is -0.141. The maximum Gasteiger partial charge on any atom is 0.327 e. The molecule has 2 atom stereocenters. The average Bonchev–Trinajstić information content (AvgIpc) is 2.95. The SMILES string of the molecule is CSCC(NC(=O)CCCCCN1C(=O)C2Cc3ccccc3CN2C1=O)C(=O)O. The quantitative estimate of drug-likeness (QED) is 0.431. The van der Waals surface area contributed by atoms with Crippen LogP contribution in [0.5, 0.6) is 0 Å². The average molecular weight is 434 g/mol. The molecule has 2 aliphatic heterocycles. The number of carboxylic acid groups (broad SMARTS) is 1. The van der Waals surface area contributed by atoms with E-state index in [1.807, 2.05) is 24.3 Å². The molecule has 9 heteroatoms. The lowest BCUT2D eigenvalue weighted by Crippen LogP contribution is -2.42. The molecular weight excluding hydrogens is 406 g/mol. The minimum absolute atomic E-state index is 0.145. The van der Waals surface area contributed by atoms with E-state index in [0.717, 1.165) is 11.1 Å². The minimum atomic E-state index is -1.04. The largest absolute Gasteiger partial charge is 0.480 e. The van der Waals surface area contributed by atoms with Crippen molar-refractivity contribution in [3.63, 3.8) is 0 Å². The van der Waals surface area contributed by atoms with E-state index in [2.05, 4.69) is 5.32 Å². The summed E-state index contributed by atoms with van der Waals surface area (Å²) in [7, 11) is 0. The number of nitrogens with one attached hydrogen (secondary N) is 1. The van der Waals surface area contributed by atoms with E-state index in [9.17, 15) is 19.2 Å². The van der Waals surface area contributed by atoms with Gasteiger partial charge in [0.1, 0.15) is 12.1 Å². The molecule has 1 aromatic carbocycles. The van der Waals surface area contributed by atoms with Crippen molar-refractivity contribution < 1.29 is 24.3 Å². The highest BCUT2D eigenvalue weighted by atomic mass is 32.2. The summed E-state index contributed by atoms with van der Waals surface area (Å²) in [5, 5.41) is 11.6. The number of rotatable bonds is 10. The maximum absolute atomic E-state index is 12.7. The number of carboxylic acids is 1. The van der Waals surface area contributed by atoms with E-state index in [0.29, 0.717) is 44.5 Å². The van der Waals surface area contributed by atoms with Gasteiger partial charge in [0.15, 0.2) is 0 Å². The molecule has 1 aromatic rings. The first-order valence-corrected chi connectivity index (χ1v) is 11.5. The van der Waals surface area contributed by atoms with Crippen molar-refractivity contribution in [2.45, 2.75) is 50.7 Å². The molecule has 0 bridgehead atoms. The molecule has 2 aliphatic rings. The molecular formula is C21H27N3O5S. The predicted molar refractivity (Wildman–Crippen MR) is 113 cm³/mol. The molecule has 1 saturated heterocycles. The number of urea groups is 1. The minimum Gasteiger partial charge on any atom is -0.480 e. The first-order chi connectivity index (χ1) is 14.4. The molecule has 0 aliphatic carbocycles. The van der Waals surface area contributed by atoms with E-state index in [-0.39, 0.29) is 24.3 Å². The highest BCUT2D eigenvalue weighted by Crippen LogP contribution is 2.30. The van der Waals surface area contributed by atoms with E-state index in [4.69, 9.17) is 5.11 Å². The van der Waals surface area contributed by atoms with E-state index in [1.165, 1.54) is 16.7 Å². The standard InChI is InChI=1S/C21H27N3O5S/c1-30-13-16(20(27)28)22-18(25)9-3-2-6-10-23-19(26)17-11-14-7-4-5-8-15(14)12-24(17)21(23)29/h4-5,7-8,16-17H,2-3,6,9-13H2,1H3,(H,22,25)(H,27,28). The van der Waals surface area contributed by atoms with Crippen molar-refractivity contribution in [1.82, 2.24) is 15.1 Å².